The number of nitrogens with zero attached hydrogens (tertiary/aromatic N) is 1. The normalized spacial score (nSPS) is 20.1. The third-order valence-electron chi connectivity index (χ3n) is 7.70. The Labute approximate surface area is 234 Å². The first-order valence-corrected chi connectivity index (χ1v) is 13.6. The largest absolute Gasteiger partial charge is 0.517 e. The lowest BCUT2D eigenvalue weighted by molar-refractivity contribution is -0.756. The first-order chi connectivity index (χ1) is 19.1. The molecule has 1 aliphatic carbocycles. The zero-order chi connectivity index (χ0) is 28.5. The molecule has 0 radical (unpaired) electrons. The Bertz CT molecular complexity index is 1370. The summed E-state index contributed by atoms with van der Waals surface area (Å²) in [5.74, 6) is -1.23. The van der Waals surface area contributed by atoms with E-state index in [2.05, 4.69) is 17.4 Å². The Balaban J connectivity index is 1.38. The minimum Gasteiger partial charge on any atom is -0.477 e. The number of benzene rings is 3. The number of amides is 2. The zero-order valence-corrected chi connectivity index (χ0v) is 23.0. The summed E-state index contributed by atoms with van der Waals surface area (Å²) >= 11 is 0. The highest BCUT2D eigenvalue weighted by atomic mass is 16.6. The summed E-state index contributed by atoms with van der Waals surface area (Å²) < 4.78 is 10.9. The molecule has 3 aromatic carbocycles. The minimum atomic E-state index is -1.09. The molecule has 2 aliphatic rings. The number of carbonyl (C=O) groups is 3. The number of carboxylic acid groups (broad SMARTS) is 1. The second-order valence-electron chi connectivity index (χ2n) is 11.5. The van der Waals surface area contributed by atoms with Crippen LogP contribution in [0.25, 0.3) is 11.1 Å². The number of ether oxygens (including phenoxy) is 2. The summed E-state index contributed by atoms with van der Waals surface area (Å²) in [6.07, 6.45) is -1.05. The molecule has 0 bridgehead atoms. The van der Waals surface area contributed by atoms with Crippen LogP contribution in [-0.4, -0.2) is 65.1 Å². The van der Waals surface area contributed by atoms with E-state index in [1.807, 2.05) is 66.7 Å². The highest BCUT2D eigenvalue weighted by Gasteiger charge is 2.69. The predicted octanol–water partition coefficient (Wildman–Crippen LogP) is 5.36. The van der Waals surface area contributed by atoms with E-state index in [1.165, 1.54) is 0 Å². The molecule has 3 aromatic rings. The van der Waals surface area contributed by atoms with Gasteiger partial charge in [0.25, 0.3) is 0 Å². The lowest BCUT2D eigenvalue weighted by Crippen LogP contribution is -2.52. The SMILES string of the molecule is CC(C)(C)OC(=O)NCC1C[N+]1(C(=O)OCC1c2ccccc2-c2ccccc21)[C@@H](Cc1ccccc1)C(=O)O. The van der Waals surface area contributed by atoms with Gasteiger partial charge in [0.15, 0.2) is 6.04 Å². The Morgan fingerprint density at radius 1 is 0.925 bits per heavy atom. The molecule has 8 heteroatoms. The van der Waals surface area contributed by atoms with Crippen molar-refractivity contribution in [2.75, 3.05) is 19.7 Å². The van der Waals surface area contributed by atoms with Gasteiger partial charge in [0, 0.05) is 12.3 Å². The van der Waals surface area contributed by atoms with Crippen molar-refractivity contribution in [2.24, 2.45) is 0 Å². The molecule has 8 nitrogen and oxygen atoms in total. The van der Waals surface area contributed by atoms with Gasteiger partial charge in [-0.2, -0.15) is 9.28 Å². The molecule has 5 rings (SSSR count). The van der Waals surface area contributed by atoms with E-state index in [4.69, 9.17) is 9.47 Å². The van der Waals surface area contributed by atoms with E-state index in [0.717, 1.165) is 27.8 Å². The molecule has 208 valence electrons. The van der Waals surface area contributed by atoms with Crippen molar-refractivity contribution in [1.29, 1.82) is 0 Å². The summed E-state index contributed by atoms with van der Waals surface area (Å²) in [5.41, 5.74) is 4.52. The summed E-state index contributed by atoms with van der Waals surface area (Å²) in [4.78, 5) is 38.8. The van der Waals surface area contributed by atoms with Crippen LogP contribution in [0.1, 0.15) is 43.4 Å². The van der Waals surface area contributed by atoms with Crippen LogP contribution in [0.2, 0.25) is 0 Å². The second-order valence-corrected chi connectivity index (χ2v) is 11.5. The maximum Gasteiger partial charge on any atom is 0.517 e. The van der Waals surface area contributed by atoms with E-state index in [9.17, 15) is 19.5 Å². The van der Waals surface area contributed by atoms with Crippen molar-refractivity contribution in [3.05, 3.63) is 95.6 Å². The first kappa shape index (κ1) is 27.4. The van der Waals surface area contributed by atoms with Gasteiger partial charge in [0.05, 0.1) is 6.54 Å². The molecule has 1 aliphatic heterocycles. The van der Waals surface area contributed by atoms with Crippen LogP contribution in [0.3, 0.4) is 0 Å². The van der Waals surface area contributed by atoms with Crippen molar-refractivity contribution < 1.29 is 33.4 Å². The van der Waals surface area contributed by atoms with E-state index in [1.54, 1.807) is 20.8 Å². The van der Waals surface area contributed by atoms with Crippen LogP contribution in [0.4, 0.5) is 9.59 Å². The van der Waals surface area contributed by atoms with Crippen LogP contribution in [-0.2, 0) is 20.7 Å². The molecule has 1 saturated heterocycles. The molecule has 1 heterocycles. The van der Waals surface area contributed by atoms with Gasteiger partial charge in [0.2, 0.25) is 6.04 Å². The number of carbonyl (C=O) groups excluding carboxylic acids is 2. The van der Waals surface area contributed by atoms with E-state index in [0.29, 0.717) is 0 Å². The van der Waals surface area contributed by atoms with Crippen LogP contribution in [0.5, 0.6) is 0 Å². The van der Waals surface area contributed by atoms with Crippen molar-refractivity contribution in [2.45, 2.75) is 50.8 Å². The summed E-state index contributed by atoms with van der Waals surface area (Å²) in [6.45, 7) is 5.73. The highest BCUT2D eigenvalue weighted by Crippen LogP contribution is 2.45. The molecule has 2 unspecified atom stereocenters. The fourth-order valence-electron chi connectivity index (χ4n) is 5.78. The van der Waals surface area contributed by atoms with E-state index >= 15 is 0 Å². The van der Waals surface area contributed by atoms with Gasteiger partial charge in [-0.3, -0.25) is 0 Å². The quantitative estimate of drug-likeness (QED) is 0.293. The van der Waals surface area contributed by atoms with Crippen LogP contribution >= 0.6 is 0 Å². The van der Waals surface area contributed by atoms with Gasteiger partial charge in [-0.1, -0.05) is 78.9 Å². The van der Waals surface area contributed by atoms with Gasteiger partial charge in [-0.15, -0.1) is 0 Å². The van der Waals surface area contributed by atoms with Crippen molar-refractivity contribution in [3.63, 3.8) is 0 Å². The Morgan fingerprint density at radius 3 is 2.08 bits per heavy atom. The topological polar surface area (TPSA) is 102 Å². The first-order valence-electron chi connectivity index (χ1n) is 13.6. The number of nitrogens with one attached hydrogen (secondary N) is 1. The number of carboxylic acids is 1. The van der Waals surface area contributed by atoms with Gasteiger partial charge >= 0.3 is 18.2 Å². The van der Waals surface area contributed by atoms with Crippen LogP contribution < -0.4 is 5.32 Å². The average Bonchev–Trinajstić information content (AvgIpc) is 3.57. The molecule has 2 amide bonds. The van der Waals surface area contributed by atoms with Crippen molar-refractivity contribution >= 4 is 18.2 Å². The molecule has 0 spiro atoms. The molecule has 1 fully saturated rings. The molecule has 2 N–H and O–H groups in total. The molecular formula is C32H35N2O6+. The molecule has 40 heavy (non-hydrogen) atoms. The van der Waals surface area contributed by atoms with Gasteiger partial charge in [-0.05, 0) is 48.6 Å². The van der Waals surface area contributed by atoms with Gasteiger partial charge in [-0.25, -0.2) is 9.59 Å². The fraction of sp³-hybridized carbons (Fsp3) is 0.344. The summed E-state index contributed by atoms with van der Waals surface area (Å²) in [5, 5.41) is 13.0. The molecule has 0 aromatic heterocycles. The number of fused-ring (bicyclic) bond motifs is 3. The number of aliphatic carboxylic acids is 1. The number of alkyl carbamates (subject to hydrolysis) is 1. The number of hydrogen-bond donors (Lipinski definition) is 2. The van der Waals surface area contributed by atoms with E-state index < -0.39 is 40.3 Å². The molecule has 0 saturated carbocycles. The number of hydrogen-bond acceptors (Lipinski definition) is 5. The third kappa shape index (κ3) is 5.45. The Hall–Kier alpha value is -4.17. The average molecular weight is 544 g/mol. The molecular weight excluding hydrogens is 508 g/mol. The zero-order valence-electron chi connectivity index (χ0n) is 23.0. The molecule has 3 atom stereocenters. The maximum absolute atomic E-state index is 13.9. The number of quaternary nitrogens is 1. The van der Waals surface area contributed by atoms with Crippen molar-refractivity contribution in [3.8, 4) is 11.1 Å². The minimum absolute atomic E-state index is 0.0940. The fourth-order valence-corrected chi connectivity index (χ4v) is 5.78. The smallest absolute Gasteiger partial charge is 0.477 e. The van der Waals surface area contributed by atoms with Crippen LogP contribution in [0, 0.1) is 0 Å². The second kappa shape index (κ2) is 10.8. The van der Waals surface area contributed by atoms with Gasteiger partial charge < -0.3 is 19.9 Å². The van der Waals surface area contributed by atoms with Crippen LogP contribution in [0.15, 0.2) is 78.9 Å². The predicted molar refractivity (Wildman–Crippen MR) is 150 cm³/mol. The third-order valence-corrected chi connectivity index (χ3v) is 7.70. The monoisotopic (exact) mass is 543 g/mol. The number of rotatable bonds is 8. The summed E-state index contributed by atoms with van der Waals surface area (Å²) in [7, 11) is 0. The lowest BCUT2D eigenvalue weighted by atomic mass is 9.98. The Morgan fingerprint density at radius 2 is 1.50 bits per heavy atom. The highest BCUT2D eigenvalue weighted by molar-refractivity contribution is 5.79. The van der Waals surface area contributed by atoms with E-state index in [-0.39, 0.29) is 32.0 Å². The maximum atomic E-state index is 13.9. The summed E-state index contributed by atoms with van der Waals surface area (Å²) in [6, 6.07) is 23.9. The standard InChI is InChI=1S/C32H34N2O6/c1-32(2,3)40-30(37)33-18-22-19-34(22,28(29(35)36)17-21-11-5-4-6-12-21)31(38)39-20-27-25-15-9-7-13-23(25)24-14-8-10-16-26(24)27/h4-16,22,27-28H,17-20H2,1-3H3,(H-,33,35,36,37)/p+1/t22?,28-,34?/m0/s1. The van der Waals surface area contributed by atoms with Crippen molar-refractivity contribution in [1.82, 2.24) is 5.32 Å². The Kier molecular flexibility index (Phi) is 7.38. The lowest BCUT2D eigenvalue weighted by Gasteiger charge is -2.26. The van der Waals surface area contributed by atoms with Gasteiger partial charge in [0.1, 0.15) is 18.8 Å².